The molecule has 5 nitrogen and oxygen atoms in total. The second-order valence-electron chi connectivity index (χ2n) is 5.84. The van der Waals surface area contributed by atoms with Crippen LogP contribution in [0.2, 0.25) is 0 Å². The van der Waals surface area contributed by atoms with E-state index in [0.717, 1.165) is 19.4 Å². The van der Waals surface area contributed by atoms with Crippen molar-refractivity contribution >= 4 is 10.0 Å². The Morgan fingerprint density at radius 2 is 2.19 bits per heavy atom. The Labute approximate surface area is 127 Å². The smallest absolute Gasteiger partial charge is 0.276 e. The van der Waals surface area contributed by atoms with Gasteiger partial charge in [-0.1, -0.05) is 19.9 Å². The van der Waals surface area contributed by atoms with Crippen LogP contribution in [0.1, 0.15) is 32.4 Å². The summed E-state index contributed by atoms with van der Waals surface area (Å²) >= 11 is 0. The van der Waals surface area contributed by atoms with Crippen LogP contribution in [0.4, 0.5) is 0 Å². The molecule has 0 aromatic carbocycles. The zero-order chi connectivity index (χ0) is 15.5. The Kier molecular flexibility index (Phi) is 5.24. The molecule has 1 aliphatic rings. The highest BCUT2D eigenvalue weighted by Gasteiger charge is 2.38. The molecular weight excluding hydrogens is 288 g/mol. The summed E-state index contributed by atoms with van der Waals surface area (Å²) in [7, 11) is -3.55. The standard InChI is InChI=1S/C15H24N2O3S/c1-4-9-17(13-5-6-13)21(18,19)15-8-7-14(20-15)11-16-10-12(2)3/h4,7-8,12-13,16H,1,5-6,9-11H2,2-3H3. The van der Waals surface area contributed by atoms with Crippen LogP contribution in [0.5, 0.6) is 0 Å². The number of sulfonamides is 1. The molecule has 0 bridgehead atoms. The van der Waals surface area contributed by atoms with Crippen molar-refractivity contribution in [2.24, 2.45) is 5.92 Å². The molecule has 1 aromatic heterocycles. The topological polar surface area (TPSA) is 62.6 Å². The van der Waals surface area contributed by atoms with Crippen molar-refractivity contribution in [3.05, 3.63) is 30.5 Å². The molecule has 118 valence electrons. The predicted molar refractivity (Wildman–Crippen MR) is 82.4 cm³/mol. The predicted octanol–water partition coefficient (Wildman–Crippen LogP) is 2.36. The molecule has 0 amide bonds. The van der Waals surface area contributed by atoms with E-state index in [1.165, 1.54) is 4.31 Å². The zero-order valence-electron chi connectivity index (χ0n) is 12.7. The van der Waals surface area contributed by atoms with Crippen LogP contribution < -0.4 is 5.32 Å². The average Bonchev–Trinajstić information content (AvgIpc) is 3.13. The van der Waals surface area contributed by atoms with Crippen LogP contribution in [0.15, 0.2) is 34.3 Å². The molecule has 21 heavy (non-hydrogen) atoms. The maximum absolute atomic E-state index is 12.6. The third-order valence-corrected chi connectivity index (χ3v) is 5.11. The van der Waals surface area contributed by atoms with Crippen LogP contribution in [-0.4, -0.2) is 31.9 Å². The first-order valence-electron chi connectivity index (χ1n) is 7.37. The van der Waals surface area contributed by atoms with Gasteiger partial charge in [0, 0.05) is 12.6 Å². The summed E-state index contributed by atoms with van der Waals surface area (Å²) in [5.41, 5.74) is 0. The summed E-state index contributed by atoms with van der Waals surface area (Å²) in [5.74, 6) is 1.18. The lowest BCUT2D eigenvalue weighted by Crippen LogP contribution is -2.33. The van der Waals surface area contributed by atoms with E-state index in [1.807, 2.05) is 0 Å². The second kappa shape index (κ2) is 6.77. The Hall–Kier alpha value is -1.11. The van der Waals surface area contributed by atoms with Crippen LogP contribution in [0.3, 0.4) is 0 Å². The highest BCUT2D eigenvalue weighted by atomic mass is 32.2. The van der Waals surface area contributed by atoms with E-state index >= 15 is 0 Å². The van der Waals surface area contributed by atoms with Gasteiger partial charge in [0.05, 0.1) is 6.54 Å². The van der Waals surface area contributed by atoms with Crippen LogP contribution in [0.25, 0.3) is 0 Å². The molecule has 0 atom stereocenters. The molecule has 0 radical (unpaired) electrons. The van der Waals surface area contributed by atoms with Crippen molar-refractivity contribution in [1.82, 2.24) is 9.62 Å². The maximum Gasteiger partial charge on any atom is 0.276 e. The van der Waals surface area contributed by atoms with Gasteiger partial charge in [-0.3, -0.25) is 0 Å². The summed E-state index contributed by atoms with van der Waals surface area (Å²) in [6.07, 6.45) is 3.44. The lowest BCUT2D eigenvalue weighted by atomic mass is 10.2. The average molecular weight is 312 g/mol. The minimum Gasteiger partial charge on any atom is -0.447 e. The van der Waals surface area contributed by atoms with Gasteiger partial charge in [-0.25, -0.2) is 8.42 Å². The van der Waals surface area contributed by atoms with Gasteiger partial charge in [-0.2, -0.15) is 4.31 Å². The van der Waals surface area contributed by atoms with Gasteiger partial charge in [0.2, 0.25) is 5.09 Å². The van der Waals surface area contributed by atoms with Gasteiger partial charge < -0.3 is 9.73 Å². The second-order valence-corrected chi connectivity index (χ2v) is 7.66. The fourth-order valence-electron chi connectivity index (χ4n) is 2.12. The number of nitrogens with zero attached hydrogens (tertiary/aromatic N) is 1. The van der Waals surface area contributed by atoms with Crippen LogP contribution in [-0.2, 0) is 16.6 Å². The number of rotatable bonds is 9. The quantitative estimate of drug-likeness (QED) is 0.711. The number of hydrogen-bond acceptors (Lipinski definition) is 4. The molecule has 6 heteroatoms. The van der Waals surface area contributed by atoms with Gasteiger partial charge in [0.15, 0.2) is 0 Å². The van der Waals surface area contributed by atoms with Gasteiger partial charge >= 0.3 is 0 Å². The Morgan fingerprint density at radius 1 is 1.48 bits per heavy atom. The van der Waals surface area contributed by atoms with Crippen molar-refractivity contribution in [2.45, 2.75) is 44.4 Å². The fraction of sp³-hybridized carbons (Fsp3) is 0.600. The Bertz CT molecular complexity index is 573. The molecule has 1 aliphatic carbocycles. The lowest BCUT2D eigenvalue weighted by molar-refractivity contribution is 0.368. The third kappa shape index (κ3) is 4.18. The monoisotopic (exact) mass is 312 g/mol. The van der Waals surface area contributed by atoms with E-state index in [4.69, 9.17) is 4.42 Å². The first-order valence-corrected chi connectivity index (χ1v) is 8.81. The lowest BCUT2D eigenvalue weighted by Gasteiger charge is -2.18. The van der Waals surface area contributed by atoms with Crippen molar-refractivity contribution in [3.8, 4) is 0 Å². The van der Waals surface area contributed by atoms with Gasteiger partial charge in [-0.15, -0.1) is 6.58 Å². The van der Waals surface area contributed by atoms with E-state index in [9.17, 15) is 8.42 Å². The Morgan fingerprint density at radius 3 is 2.76 bits per heavy atom. The molecule has 1 aromatic rings. The number of furan rings is 1. The number of nitrogens with one attached hydrogen (secondary N) is 1. The van der Waals surface area contributed by atoms with Gasteiger partial charge in [0.1, 0.15) is 5.76 Å². The SMILES string of the molecule is C=CCN(C1CC1)S(=O)(=O)c1ccc(CNCC(C)C)o1. The van der Waals surface area contributed by atoms with Crippen molar-refractivity contribution in [3.63, 3.8) is 0 Å². The number of hydrogen-bond donors (Lipinski definition) is 1. The van der Waals surface area contributed by atoms with E-state index in [-0.39, 0.29) is 11.1 Å². The first kappa shape index (κ1) is 16.3. The van der Waals surface area contributed by atoms with E-state index < -0.39 is 10.0 Å². The summed E-state index contributed by atoms with van der Waals surface area (Å²) in [6, 6.07) is 3.36. The molecule has 1 heterocycles. The maximum atomic E-state index is 12.6. The van der Waals surface area contributed by atoms with E-state index in [1.54, 1.807) is 18.2 Å². The first-order chi connectivity index (χ1) is 9.95. The Balaban J connectivity index is 2.06. The molecule has 2 rings (SSSR count). The summed E-state index contributed by atoms with van der Waals surface area (Å²) in [4.78, 5) is 0. The van der Waals surface area contributed by atoms with Crippen molar-refractivity contribution in [2.75, 3.05) is 13.1 Å². The molecule has 0 saturated heterocycles. The molecule has 1 saturated carbocycles. The van der Waals surface area contributed by atoms with E-state index in [2.05, 4.69) is 25.7 Å². The van der Waals surface area contributed by atoms with Crippen molar-refractivity contribution in [1.29, 1.82) is 0 Å². The third-order valence-electron chi connectivity index (χ3n) is 3.31. The fourth-order valence-corrected chi connectivity index (χ4v) is 3.71. The van der Waals surface area contributed by atoms with Gasteiger partial charge in [-0.05, 0) is 37.4 Å². The summed E-state index contributed by atoms with van der Waals surface area (Å²) < 4.78 is 32.1. The van der Waals surface area contributed by atoms with Crippen molar-refractivity contribution < 1.29 is 12.8 Å². The highest BCUT2D eigenvalue weighted by molar-refractivity contribution is 7.89. The van der Waals surface area contributed by atoms with Crippen LogP contribution in [0, 0.1) is 5.92 Å². The van der Waals surface area contributed by atoms with E-state index in [0.29, 0.717) is 24.8 Å². The van der Waals surface area contributed by atoms with Crippen LogP contribution >= 0.6 is 0 Å². The molecule has 1 N–H and O–H groups in total. The zero-order valence-corrected chi connectivity index (χ0v) is 13.5. The highest BCUT2D eigenvalue weighted by Crippen LogP contribution is 2.32. The molecular formula is C15H24N2O3S. The molecule has 0 aliphatic heterocycles. The molecule has 0 unspecified atom stereocenters. The largest absolute Gasteiger partial charge is 0.447 e. The normalized spacial score (nSPS) is 15.8. The summed E-state index contributed by atoms with van der Waals surface area (Å²) in [6.45, 7) is 9.61. The summed E-state index contributed by atoms with van der Waals surface area (Å²) in [5, 5.41) is 3.26. The van der Waals surface area contributed by atoms with Gasteiger partial charge in [0.25, 0.3) is 10.0 Å². The minimum absolute atomic E-state index is 0.0256. The molecule has 1 fully saturated rings. The minimum atomic E-state index is -3.55. The molecule has 0 spiro atoms.